The number of ether oxygens (including phenoxy) is 1. The highest BCUT2D eigenvalue weighted by atomic mass is 16.5. The van der Waals surface area contributed by atoms with Crippen molar-refractivity contribution >= 4 is 11.8 Å². The lowest BCUT2D eigenvalue weighted by Gasteiger charge is -2.34. The fourth-order valence-electron chi connectivity index (χ4n) is 2.72. The maximum absolute atomic E-state index is 12.1. The molecule has 1 saturated carbocycles. The number of carbonyl (C=O) groups excluding carboxylic acids is 2. The van der Waals surface area contributed by atoms with Gasteiger partial charge in [-0.2, -0.15) is 0 Å². The number of hydrogen-bond acceptors (Lipinski definition) is 3. The van der Waals surface area contributed by atoms with Crippen LogP contribution in [0, 0.1) is 5.92 Å². The van der Waals surface area contributed by atoms with Crippen molar-refractivity contribution in [2.24, 2.45) is 11.7 Å². The van der Waals surface area contributed by atoms with E-state index in [2.05, 4.69) is 0 Å². The molecule has 0 bridgehead atoms. The average molecular weight is 240 g/mol. The van der Waals surface area contributed by atoms with E-state index in [0.717, 1.165) is 12.8 Å². The molecule has 0 radical (unpaired) electrons. The number of amides is 2. The second kappa shape index (κ2) is 5.49. The van der Waals surface area contributed by atoms with Gasteiger partial charge in [0.25, 0.3) is 0 Å². The number of carbonyl (C=O) groups is 2. The summed E-state index contributed by atoms with van der Waals surface area (Å²) in [6, 6.07) is -0.572. The summed E-state index contributed by atoms with van der Waals surface area (Å²) in [6.07, 6.45) is 5.28. The normalized spacial score (nSPS) is 26.1. The van der Waals surface area contributed by atoms with E-state index in [4.69, 9.17) is 10.5 Å². The second-order valence-corrected chi connectivity index (χ2v) is 4.93. The van der Waals surface area contributed by atoms with Gasteiger partial charge in [0.2, 0.25) is 11.8 Å². The fraction of sp³-hybridized carbons (Fsp3) is 0.833. The first kappa shape index (κ1) is 12.4. The zero-order valence-corrected chi connectivity index (χ0v) is 10.1. The maximum Gasteiger partial charge on any atom is 0.242 e. The molecule has 1 aliphatic carbocycles. The van der Waals surface area contributed by atoms with Gasteiger partial charge >= 0.3 is 0 Å². The Morgan fingerprint density at radius 3 is 2.65 bits per heavy atom. The topological polar surface area (TPSA) is 72.6 Å². The van der Waals surface area contributed by atoms with Crippen molar-refractivity contribution in [1.82, 2.24) is 4.90 Å². The van der Waals surface area contributed by atoms with Crippen molar-refractivity contribution in [2.45, 2.75) is 38.1 Å². The average Bonchev–Trinajstić information content (AvgIpc) is 2.81. The molecule has 0 aromatic rings. The van der Waals surface area contributed by atoms with Gasteiger partial charge in [0, 0.05) is 13.0 Å². The van der Waals surface area contributed by atoms with Crippen LogP contribution in [-0.2, 0) is 14.3 Å². The Labute approximate surface area is 101 Å². The summed E-state index contributed by atoms with van der Waals surface area (Å²) in [6.45, 7) is 1.23. The zero-order valence-electron chi connectivity index (χ0n) is 10.1. The van der Waals surface area contributed by atoms with Crippen LogP contribution in [0.3, 0.4) is 0 Å². The molecule has 5 heteroatoms. The quantitative estimate of drug-likeness (QED) is 0.770. The van der Waals surface area contributed by atoms with Crippen LogP contribution in [0.2, 0.25) is 0 Å². The highest BCUT2D eigenvalue weighted by Crippen LogP contribution is 2.28. The maximum atomic E-state index is 12.1. The predicted molar refractivity (Wildman–Crippen MR) is 62.1 cm³/mol. The van der Waals surface area contributed by atoms with Gasteiger partial charge in [0.05, 0.1) is 13.2 Å². The molecule has 1 atom stereocenters. The highest BCUT2D eigenvalue weighted by molar-refractivity contribution is 5.87. The number of nitrogens with two attached hydrogens (primary N) is 1. The minimum absolute atomic E-state index is 0.0593. The Kier molecular flexibility index (Phi) is 3.99. The van der Waals surface area contributed by atoms with Gasteiger partial charge < -0.3 is 15.4 Å². The third kappa shape index (κ3) is 2.97. The molecule has 2 aliphatic rings. The molecule has 5 nitrogen and oxygen atoms in total. The summed E-state index contributed by atoms with van der Waals surface area (Å²) >= 11 is 0. The minimum Gasteiger partial charge on any atom is -0.377 e. The molecule has 0 spiro atoms. The molecule has 1 saturated heterocycles. The van der Waals surface area contributed by atoms with Crippen LogP contribution in [0.15, 0.2) is 0 Å². The molecule has 2 N–H and O–H groups in total. The van der Waals surface area contributed by atoms with Gasteiger partial charge in [0.15, 0.2) is 0 Å². The van der Waals surface area contributed by atoms with Crippen molar-refractivity contribution in [3.8, 4) is 0 Å². The van der Waals surface area contributed by atoms with E-state index in [1.54, 1.807) is 4.90 Å². The number of rotatable bonds is 3. The Morgan fingerprint density at radius 2 is 2.00 bits per heavy atom. The van der Waals surface area contributed by atoms with Gasteiger partial charge in [-0.25, -0.2) is 0 Å². The van der Waals surface area contributed by atoms with E-state index in [9.17, 15) is 9.59 Å². The van der Waals surface area contributed by atoms with Crippen molar-refractivity contribution in [2.75, 3.05) is 19.8 Å². The lowest BCUT2D eigenvalue weighted by atomic mass is 10.0. The van der Waals surface area contributed by atoms with E-state index in [1.165, 1.54) is 12.8 Å². The SMILES string of the molecule is NC(=O)[C@@H]1COCCN1C(=O)CC1CCCC1. The molecule has 0 aromatic carbocycles. The number of nitrogens with zero attached hydrogens (tertiary/aromatic N) is 1. The Morgan fingerprint density at radius 1 is 1.29 bits per heavy atom. The van der Waals surface area contributed by atoms with Crippen molar-refractivity contribution < 1.29 is 14.3 Å². The molecule has 96 valence electrons. The number of morpholine rings is 1. The molecular weight excluding hydrogens is 220 g/mol. The molecule has 0 unspecified atom stereocenters. The summed E-state index contributed by atoms with van der Waals surface area (Å²) in [7, 11) is 0. The van der Waals surface area contributed by atoms with Crippen molar-refractivity contribution in [3.05, 3.63) is 0 Å². The molecule has 2 amide bonds. The molecular formula is C12H20N2O3. The van der Waals surface area contributed by atoms with Crippen LogP contribution in [0.5, 0.6) is 0 Å². The molecule has 1 heterocycles. The second-order valence-electron chi connectivity index (χ2n) is 4.93. The zero-order chi connectivity index (χ0) is 12.3. The summed E-state index contributed by atoms with van der Waals surface area (Å²) in [5.41, 5.74) is 5.29. The van der Waals surface area contributed by atoms with E-state index < -0.39 is 11.9 Å². The van der Waals surface area contributed by atoms with Crippen LogP contribution in [-0.4, -0.2) is 42.5 Å². The fourth-order valence-corrected chi connectivity index (χ4v) is 2.72. The van der Waals surface area contributed by atoms with E-state index >= 15 is 0 Å². The van der Waals surface area contributed by atoms with Crippen LogP contribution in [0.25, 0.3) is 0 Å². The summed E-state index contributed by atoms with van der Waals surface area (Å²) in [5.74, 6) is 0.0901. The van der Waals surface area contributed by atoms with Crippen molar-refractivity contribution in [1.29, 1.82) is 0 Å². The first-order valence-electron chi connectivity index (χ1n) is 6.35. The standard InChI is InChI=1S/C12H20N2O3/c13-12(16)10-8-17-6-5-14(10)11(15)7-9-3-1-2-4-9/h9-10H,1-8H2,(H2,13,16)/t10-/m0/s1. The summed E-state index contributed by atoms with van der Waals surface area (Å²) in [5, 5.41) is 0. The Hall–Kier alpha value is -1.10. The van der Waals surface area contributed by atoms with Gasteiger partial charge in [0.1, 0.15) is 6.04 Å². The van der Waals surface area contributed by atoms with Gasteiger partial charge in [-0.1, -0.05) is 12.8 Å². The first-order valence-corrected chi connectivity index (χ1v) is 6.35. The summed E-state index contributed by atoms with van der Waals surface area (Å²) < 4.78 is 5.20. The lowest BCUT2D eigenvalue weighted by Crippen LogP contribution is -2.54. The van der Waals surface area contributed by atoms with Crippen LogP contribution < -0.4 is 5.73 Å². The van der Waals surface area contributed by atoms with Crippen LogP contribution >= 0.6 is 0 Å². The van der Waals surface area contributed by atoms with Gasteiger partial charge in [-0.15, -0.1) is 0 Å². The molecule has 0 aromatic heterocycles. The Balaban J connectivity index is 1.93. The lowest BCUT2D eigenvalue weighted by molar-refractivity contribution is -0.147. The molecule has 2 rings (SSSR count). The van der Waals surface area contributed by atoms with Gasteiger partial charge in [-0.05, 0) is 18.8 Å². The van der Waals surface area contributed by atoms with E-state index in [1.807, 2.05) is 0 Å². The molecule has 1 aliphatic heterocycles. The first-order chi connectivity index (χ1) is 8.18. The minimum atomic E-state index is -0.572. The predicted octanol–water partition coefficient (Wildman–Crippen LogP) is 0.279. The largest absolute Gasteiger partial charge is 0.377 e. The van der Waals surface area contributed by atoms with E-state index in [0.29, 0.717) is 25.5 Å². The van der Waals surface area contributed by atoms with E-state index in [-0.39, 0.29) is 12.5 Å². The third-order valence-electron chi connectivity index (χ3n) is 3.72. The van der Waals surface area contributed by atoms with Crippen LogP contribution in [0.1, 0.15) is 32.1 Å². The number of hydrogen-bond donors (Lipinski definition) is 1. The van der Waals surface area contributed by atoms with Crippen molar-refractivity contribution in [3.63, 3.8) is 0 Å². The summed E-state index contributed by atoms with van der Waals surface area (Å²) in [4.78, 5) is 25.0. The smallest absolute Gasteiger partial charge is 0.242 e. The molecule has 2 fully saturated rings. The highest BCUT2D eigenvalue weighted by Gasteiger charge is 2.32. The monoisotopic (exact) mass is 240 g/mol. The van der Waals surface area contributed by atoms with Gasteiger partial charge in [-0.3, -0.25) is 9.59 Å². The Bertz CT molecular complexity index is 300. The third-order valence-corrected chi connectivity index (χ3v) is 3.72. The number of primary amides is 1. The molecule has 17 heavy (non-hydrogen) atoms. The van der Waals surface area contributed by atoms with Crippen LogP contribution in [0.4, 0.5) is 0 Å².